The van der Waals surface area contributed by atoms with Crippen molar-refractivity contribution >= 4 is 17.5 Å². The molecule has 2 aromatic heterocycles. The van der Waals surface area contributed by atoms with Gasteiger partial charge in [0.25, 0.3) is 0 Å². The highest BCUT2D eigenvalue weighted by atomic mass is 35.5. The quantitative estimate of drug-likeness (QED) is 0.891. The standard InChI is InChI=1S/C14H16ClF3N6/c1-23-4-2-8(3-5-23)24-12(14(16,17)18)9(6-21-24)11-10(15)7-20-13(19)22-11/h6-8H,2-5H2,1H3,(H2,19,20,22). The van der Waals surface area contributed by atoms with Gasteiger partial charge in [-0.05, 0) is 33.0 Å². The van der Waals surface area contributed by atoms with Crippen LogP contribution in [0.3, 0.4) is 0 Å². The predicted molar refractivity (Wildman–Crippen MR) is 83.4 cm³/mol. The lowest BCUT2D eigenvalue weighted by Gasteiger charge is -2.30. The Morgan fingerprint density at radius 1 is 1.25 bits per heavy atom. The van der Waals surface area contributed by atoms with Crippen LogP contribution in [0.2, 0.25) is 5.02 Å². The van der Waals surface area contributed by atoms with Crippen LogP contribution < -0.4 is 5.73 Å². The number of rotatable bonds is 2. The molecule has 3 heterocycles. The summed E-state index contributed by atoms with van der Waals surface area (Å²) in [5.41, 5.74) is 4.40. The zero-order valence-corrected chi connectivity index (χ0v) is 13.6. The molecule has 2 aromatic rings. The summed E-state index contributed by atoms with van der Waals surface area (Å²) in [6, 6.07) is -0.315. The molecule has 10 heteroatoms. The van der Waals surface area contributed by atoms with Crippen LogP contribution >= 0.6 is 11.6 Å². The van der Waals surface area contributed by atoms with Gasteiger partial charge in [-0.15, -0.1) is 0 Å². The van der Waals surface area contributed by atoms with E-state index in [4.69, 9.17) is 17.3 Å². The van der Waals surface area contributed by atoms with Gasteiger partial charge in [0.1, 0.15) is 0 Å². The Balaban J connectivity index is 2.10. The highest BCUT2D eigenvalue weighted by Crippen LogP contribution is 2.41. The Kier molecular flexibility index (Phi) is 4.39. The Bertz CT molecular complexity index is 737. The van der Waals surface area contributed by atoms with Gasteiger partial charge in [0.2, 0.25) is 5.95 Å². The zero-order valence-electron chi connectivity index (χ0n) is 12.9. The van der Waals surface area contributed by atoms with E-state index < -0.39 is 11.9 Å². The highest BCUT2D eigenvalue weighted by Gasteiger charge is 2.41. The van der Waals surface area contributed by atoms with Gasteiger partial charge in [0.05, 0.1) is 34.7 Å². The smallest absolute Gasteiger partial charge is 0.368 e. The minimum absolute atomic E-state index is 0.00220. The summed E-state index contributed by atoms with van der Waals surface area (Å²) in [5.74, 6) is -0.144. The number of hydrogen-bond acceptors (Lipinski definition) is 5. The second-order valence-electron chi connectivity index (χ2n) is 5.81. The Hall–Kier alpha value is -1.87. The highest BCUT2D eigenvalue weighted by molar-refractivity contribution is 6.32. The molecule has 0 saturated carbocycles. The van der Waals surface area contributed by atoms with Crippen LogP contribution in [-0.2, 0) is 6.18 Å². The van der Waals surface area contributed by atoms with Crippen LogP contribution in [0.15, 0.2) is 12.4 Å². The third kappa shape index (κ3) is 3.18. The summed E-state index contributed by atoms with van der Waals surface area (Å²) in [6.07, 6.45) is -1.06. The van der Waals surface area contributed by atoms with E-state index in [0.29, 0.717) is 12.8 Å². The van der Waals surface area contributed by atoms with Crippen LogP contribution in [0.25, 0.3) is 11.3 Å². The van der Waals surface area contributed by atoms with Crippen molar-refractivity contribution in [1.29, 1.82) is 0 Å². The van der Waals surface area contributed by atoms with E-state index in [9.17, 15) is 13.2 Å². The van der Waals surface area contributed by atoms with Crippen molar-refractivity contribution in [2.75, 3.05) is 25.9 Å². The molecule has 3 rings (SSSR count). The molecule has 1 fully saturated rings. The number of nitrogen functional groups attached to an aromatic ring is 1. The topological polar surface area (TPSA) is 72.9 Å². The van der Waals surface area contributed by atoms with Crippen molar-refractivity contribution in [3.63, 3.8) is 0 Å². The maximum absolute atomic E-state index is 13.7. The summed E-state index contributed by atoms with van der Waals surface area (Å²) < 4.78 is 42.2. The summed E-state index contributed by atoms with van der Waals surface area (Å²) >= 11 is 5.98. The van der Waals surface area contributed by atoms with E-state index >= 15 is 0 Å². The van der Waals surface area contributed by atoms with Gasteiger partial charge in [0, 0.05) is 0 Å². The molecule has 6 nitrogen and oxygen atoms in total. The Labute approximate surface area is 141 Å². The Morgan fingerprint density at radius 2 is 1.92 bits per heavy atom. The van der Waals surface area contributed by atoms with Gasteiger partial charge in [-0.2, -0.15) is 18.3 Å². The van der Waals surface area contributed by atoms with Crippen LogP contribution in [-0.4, -0.2) is 44.8 Å². The molecule has 2 N–H and O–H groups in total. The monoisotopic (exact) mass is 360 g/mol. The first-order valence-electron chi connectivity index (χ1n) is 7.39. The van der Waals surface area contributed by atoms with E-state index in [2.05, 4.69) is 20.0 Å². The molecule has 0 radical (unpaired) electrons. The summed E-state index contributed by atoms with van der Waals surface area (Å²) in [4.78, 5) is 9.62. The van der Waals surface area contributed by atoms with E-state index in [1.165, 1.54) is 6.20 Å². The number of nitrogens with two attached hydrogens (primary N) is 1. The third-order valence-electron chi connectivity index (χ3n) is 4.12. The maximum Gasteiger partial charge on any atom is 0.433 e. The van der Waals surface area contributed by atoms with E-state index in [1.54, 1.807) is 0 Å². The minimum Gasteiger partial charge on any atom is -0.368 e. The van der Waals surface area contributed by atoms with Gasteiger partial charge < -0.3 is 10.6 Å². The van der Waals surface area contributed by atoms with E-state index in [-0.39, 0.29) is 28.3 Å². The molecule has 0 amide bonds. The number of hydrogen-bond donors (Lipinski definition) is 1. The average molecular weight is 361 g/mol. The summed E-state index contributed by atoms with van der Waals surface area (Å²) in [7, 11) is 1.94. The minimum atomic E-state index is -4.59. The maximum atomic E-state index is 13.7. The van der Waals surface area contributed by atoms with Gasteiger partial charge in [-0.3, -0.25) is 4.68 Å². The number of halogens is 4. The van der Waals surface area contributed by atoms with Crippen molar-refractivity contribution in [2.24, 2.45) is 0 Å². The molecule has 1 aliphatic rings. The summed E-state index contributed by atoms with van der Waals surface area (Å²) in [5, 5.41) is 3.99. The van der Waals surface area contributed by atoms with Crippen LogP contribution in [0.5, 0.6) is 0 Å². The SMILES string of the molecule is CN1CCC(n2ncc(-c3nc(N)ncc3Cl)c2C(F)(F)F)CC1. The van der Waals surface area contributed by atoms with Crippen molar-refractivity contribution < 1.29 is 13.2 Å². The second kappa shape index (κ2) is 6.21. The number of aromatic nitrogens is 4. The van der Waals surface area contributed by atoms with E-state index in [0.717, 1.165) is 24.0 Å². The lowest BCUT2D eigenvalue weighted by molar-refractivity contribution is -0.144. The summed E-state index contributed by atoms with van der Waals surface area (Å²) in [6.45, 7) is 1.44. The third-order valence-corrected chi connectivity index (χ3v) is 4.39. The van der Waals surface area contributed by atoms with Crippen LogP contribution in [0.1, 0.15) is 24.6 Å². The fourth-order valence-corrected chi connectivity index (χ4v) is 3.10. The first kappa shape index (κ1) is 17.0. The number of anilines is 1. The fourth-order valence-electron chi connectivity index (χ4n) is 2.90. The zero-order chi connectivity index (χ0) is 17.5. The second-order valence-corrected chi connectivity index (χ2v) is 6.22. The lowest BCUT2D eigenvalue weighted by atomic mass is 10.0. The van der Waals surface area contributed by atoms with Gasteiger partial charge in [-0.25, -0.2) is 9.97 Å². The molecular weight excluding hydrogens is 345 g/mol. The molecule has 0 spiro atoms. The molecule has 1 aliphatic heterocycles. The van der Waals surface area contributed by atoms with Gasteiger partial charge in [-0.1, -0.05) is 11.6 Å². The normalized spacial score (nSPS) is 17.4. The molecule has 0 aromatic carbocycles. The molecule has 1 saturated heterocycles. The number of alkyl halides is 3. The van der Waals surface area contributed by atoms with Crippen molar-refractivity contribution in [3.05, 3.63) is 23.1 Å². The predicted octanol–water partition coefficient (Wildman–Crippen LogP) is 2.86. The molecule has 0 bridgehead atoms. The first-order valence-corrected chi connectivity index (χ1v) is 7.77. The van der Waals surface area contributed by atoms with Crippen LogP contribution in [0.4, 0.5) is 19.1 Å². The number of nitrogens with zero attached hydrogens (tertiary/aromatic N) is 5. The molecule has 130 valence electrons. The fraction of sp³-hybridized carbons (Fsp3) is 0.500. The Morgan fingerprint density at radius 3 is 2.54 bits per heavy atom. The first-order chi connectivity index (χ1) is 11.3. The molecular formula is C14H16ClF3N6. The molecule has 0 atom stereocenters. The molecule has 24 heavy (non-hydrogen) atoms. The van der Waals surface area contributed by atoms with Gasteiger partial charge in [0.15, 0.2) is 5.69 Å². The molecule has 0 unspecified atom stereocenters. The van der Waals surface area contributed by atoms with Crippen LogP contribution in [0, 0.1) is 0 Å². The van der Waals surface area contributed by atoms with Crippen molar-refractivity contribution in [2.45, 2.75) is 25.1 Å². The van der Waals surface area contributed by atoms with Crippen molar-refractivity contribution in [3.8, 4) is 11.3 Å². The number of piperidine rings is 1. The average Bonchev–Trinajstić information content (AvgIpc) is 2.95. The van der Waals surface area contributed by atoms with Crippen molar-refractivity contribution in [1.82, 2.24) is 24.6 Å². The van der Waals surface area contributed by atoms with E-state index in [1.807, 2.05) is 7.05 Å². The number of likely N-dealkylation sites (tertiary alicyclic amines) is 1. The van der Waals surface area contributed by atoms with Gasteiger partial charge >= 0.3 is 6.18 Å². The lowest BCUT2D eigenvalue weighted by Crippen LogP contribution is -2.33. The molecule has 0 aliphatic carbocycles. The largest absolute Gasteiger partial charge is 0.433 e.